The third-order valence-corrected chi connectivity index (χ3v) is 6.08. The maximum atomic E-state index is 14.6. The van der Waals surface area contributed by atoms with E-state index in [0.717, 1.165) is 24.4 Å². The zero-order valence-electron chi connectivity index (χ0n) is 18.4. The summed E-state index contributed by atoms with van der Waals surface area (Å²) in [6, 6.07) is 2.94. The van der Waals surface area contributed by atoms with Gasteiger partial charge < -0.3 is 10.4 Å². The molecule has 0 saturated carbocycles. The van der Waals surface area contributed by atoms with E-state index in [1.807, 2.05) is 0 Å². The molecule has 2 aromatic heterocycles. The highest BCUT2D eigenvalue weighted by Gasteiger charge is 2.36. The molecule has 3 aromatic rings. The summed E-state index contributed by atoms with van der Waals surface area (Å²) in [5.74, 6) is -1.34. The Kier molecular flexibility index (Phi) is 7.69. The summed E-state index contributed by atoms with van der Waals surface area (Å²) < 4.78 is 83.0. The van der Waals surface area contributed by atoms with Crippen molar-refractivity contribution in [1.29, 1.82) is 0 Å². The lowest BCUT2D eigenvalue weighted by molar-refractivity contribution is -0.137. The second-order valence-corrected chi connectivity index (χ2v) is 10.2. The van der Waals surface area contributed by atoms with E-state index in [4.69, 9.17) is 11.6 Å². The van der Waals surface area contributed by atoms with Crippen molar-refractivity contribution in [2.45, 2.75) is 37.1 Å². The summed E-state index contributed by atoms with van der Waals surface area (Å²) in [5.41, 5.74) is -3.07. The largest absolute Gasteiger partial charge is 0.419 e. The van der Waals surface area contributed by atoms with Gasteiger partial charge >= 0.3 is 6.18 Å². The van der Waals surface area contributed by atoms with Crippen molar-refractivity contribution >= 4 is 33.3 Å². The van der Waals surface area contributed by atoms with Crippen molar-refractivity contribution in [2.24, 2.45) is 0 Å². The fourth-order valence-corrected chi connectivity index (χ4v) is 4.23. The number of rotatable bonds is 9. The monoisotopic (exact) mass is 536 g/mol. The minimum absolute atomic E-state index is 0.000644. The molecule has 1 aromatic carbocycles. The van der Waals surface area contributed by atoms with Crippen LogP contribution < -0.4 is 10.0 Å². The molecular formula is C20H21ClF4N6O3S. The van der Waals surface area contributed by atoms with Crippen molar-refractivity contribution < 1.29 is 31.1 Å². The molecule has 0 aliphatic carbocycles. The highest BCUT2D eigenvalue weighted by atomic mass is 35.5. The molecule has 35 heavy (non-hydrogen) atoms. The van der Waals surface area contributed by atoms with Crippen LogP contribution in [0.15, 0.2) is 41.7 Å². The Labute approximate surface area is 203 Å². The first-order valence-electron chi connectivity index (χ1n) is 10.0. The average molecular weight is 537 g/mol. The van der Waals surface area contributed by atoms with Crippen LogP contribution in [0.1, 0.15) is 19.4 Å². The second kappa shape index (κ2) is 10.0. The molecule has 0 atom stereocenters. The number of benzene rings is 1. The smallest absolute Gasteiger partial charge is 0.389 e. The van der Waals surface area contributed by atoms with Gasteiger partial charge in [0.15, 0.2) is 0 Å². The van der Waals surface area contributed by atoms with Gasteiger partial charge in [0.05, 0.1) is 34.6 Å². The molecule has 0 amide bonds. The number of hydrogen-bond acceptors (Lipinski definition) is 7. The molecule has 0 unspecified atom stereocenters. The van der Waals surface area contributed by atoms with Gasteiger partial charge in [-0.1, -0.05) is 0 Å². The topological polar surface area (TPSA) is 122 Å². The molecule has 0 fully saturated rings. The Hall–Kier alpha value is -2.81. The molecule has 0 bridgehead atoms. The minimum Gasteiger partial charge on any atom is -0.389 e. The quantitative estimate of drug-likeness (QED) is 0.282. The number of sulfonamides is 1. The molecule has 0 aliphatic heterocycles. The van der Waals surface area contributed by atoms with E-state index < -0.39 is 38.9 Å². The molecule has 190 valence electrons. The SMILES string of the molecule is CC(C)(O)Cn1cc(-c2nc(Nc3ccc(S(=O)(=O)NCCCl)cc3F)ncc2C(F)(F)F)cn1. The number of nitrogens with zero attached hydrogens (tertiary/aromatic N) is 4. The Morgan fingerprint density at radius 2 is 1.91 bits per heavy atom. The van der Waals surface area contributed by atoms with Crippen LogP contribution in [0, 0.1) is 5.82 Å². The molecule has 9 nitrogen and oxygen atoms in total. The number of aliphatic hydroxyl groups is 1. The first-order chi connectivity index (χ1) is 16.2. The number of anilines is 2. The molecule has 3 N–H and O–H groups in total. The van der Waals surface area contributed by atoms with Gasteiger partial charge in [0.2, 0.25) is 16.0 Å². The van der Waals surface area contributed by atoms with Gasteiger partial charge in [-0.05, 0) is 32.0 Å². The standard InChI is InChI=1S/C20H21ClF4N6O3S/c1-19(2,32)11-31-10-12(8-27-31)17-14(20(23,24)25)9-26-18(30-17)29-16-4-3-13(7-15(16)22)35(33,34)28-6-5-21/h3-4,7-10,28,32H,5-6,11H2,1-2H3,(H,26,29,30). The summed E-state index contributed by atoms with van der Waals surface area (Å²) in [6.07, 6.45) is -1.80. The molecule has 0 saturated heterocycles. The molecule has 0 radical (unpaired) electrons. The fourth-order valence-electron chi connectivity index (χ4n) is 2.98. The normalized spacial score (nSPS) is 12.7. The van der Waals surface area contributed by atoms with Crippen LogP contribution in [0.25, 0.3) is 11.3 Å². The number of aromatic nitrogens is 4. The van der Waals surface area contributed by atoms with Crippen molar-refractivity contribution in [1.82, 2.24) is 24.5 Å². The molecular weight excluding hydrogens is 516 g/mol. The van der Waals surface area contributed by atoms with Crippen molar-refractivity contribution in [2.75, 3.05) is 17.7 Å². The zero-order valence-corrected chi connectivity index (χ0v) is 20.0. The summed E-state index contributed by atoms with van der Waals surface area (Å²) in [4.78, 5) is 7.16. The predicted molar refractivity (Wildman–Crippen MR) is 120 cm³/mol. The lowest BCUT2D eigenvalue weighted by Gasteiger charge is -2.16. The average Bonchev–Trinajstić information content (AvgIpc) is 3.19. The maximum Gasteiger partial charge on any atom is 0.419 e. The van der Waals surface area contributed by atoms with Crippen LogP contribution in [0.2, 0.25) is 0 Å². The van der Waals surface area contributed by atoms with E-state index in [9.17, 15) is 31.1 Å². The van der Waals surface area contributed by atoms with Crippen molar-refractivity contribution in [3.05, 3.63) is 48.2 Å². The molecule has 0 spiro atoms. The summed E-state index contributed by atoms with van der Waals surface area (Å²) >= 11 is 5.46. The van der Waals surface area contributed by atoms with Crippen LogP contribution in [-0.4, -0.2) is 51.3 Å². The minimum atomic E-state index is -4.79. The molecule has 15 heteroatoms. The summed E-state index contributed by atoms with van der Waals surface area (Å²) in [7, 11) is -4.00. The van der Waals surface area contributed by atoms with Crippen molar-refractivity contribution in [3.63, 3.8) is 0 Å². The van der Waals surface area contributed by atoms with Crippen molar-refractivity contribution in [3.8, 4) is 11.3 Å². The van der Waals surface area contributed by atoms with Gasteiger partial charge in [0.1, 0.15) is 11.4 Å². The fraction of sp³-hybridized carbons (Fsp3) is 0.350. The zero-order chi connectivity index (χ0) is 26.0. The van der Waals surface area contributed by atoms with Gasteiger partial charge in [-0.25, -0.2) is 27.5 Å². The predicted octanol–water partition coefficient (Wildman–Crippen LogP) is 3.53. The van der Waals surface area contributed by atoms with Crippen LogP contribution in [0.3, 0.4) is 0 Å². The third kappa shape index (κ3) is 6.87. The molecule has 2 heterocycles. The van der Waals surface area contributed by atoms with E-state index in [1.54, 1.807) is 0 Å². The number of hydrogen-bond donors (Lipinski definition) is 3. The maximum absolute atomic E-state index is 14.6. The first-order valence-corrected chi connectivity index (χ1v) is 12.0. The van der Waals surface area contributed by atoms with E-state index >= 15 is 0 Å². The number of halogens is 5. The third-order valence-electron chi connectivity index (χ3n) is 4.43. The Morgan fingerprint density at radius 1 is 1.20 bits per heavy atom. The van der Waals surface area contributed by atoms with Crippen LogP contribution in [0.4, 0.5) is 29.2 Å². The van der Waals surface area contributed by atoms with Gasteiger partial charge in [-0.3, -0.25) is 4.68 Å². The van der Waals surface area contributed by atoms with E-state index in [-0.39, 0.29) is 41.1 Å². The second-order valence-electron chi connectivity index (χ2n) is 8.05. The summed E-state index contributed by atoms with van der Waals surface area (Å²) in [5, 5.41) is 16.3. The van der Waals surface area contributed by atoms with Crippen LogP contribution in [0.5, 0.6) is 0 Å². The molecule has 3 rings (SSSR count). The Morgan fingerprint density at radius 3 is 2.51 bits per heavy atom. The van der Waals surface area contributed by atoms with E-state index in [0.29, 0.717) is 6.20 Å². The van der Waals surface area contributed by atoms with Crippen LogP contribution >= 0.6 is 11.6 Å². The molecule has 0 aliphatic rings. The Balaban J connectivity index is 1.95. The summed E-state index contributed by atoms with van der Waals surface area (Å²) in [6.45, 7) is 2.99. The lowest BCUT2D eigenvalue weighted by Crippen LogP contribution is -2.26. The Bertz CT molecular complexity index is 1310. The lowest BCUT2D eigenvalue weighted by atomic mass is 10.1. The number of alkyl halides is 4. The van der Waals surface area contributed by atoms with E-state index in [1.165, 1.54) is 24.7 Å². The van der Waals surface area contributed by atoms with Gasteiger partial charge in [0.25, 0.3) is 0 Å². The highest BCUT2D eigenvalue weighted by Crippen LogP contribution is 2.36. The highest BCUT2D eigenvalue weighted by molar-refractivity contribution is 7.89. The van der Waals surface area contributed by atoms with Gasteiger partial charge in [0, 0.05) is 30.4 Å². The number of nitrogens with one attached hydrogen (secondary N) is 2. The van der Waals surface area contributed by atoms with E-state index in [2.05, 4.69) is 25.1 Å². The first kappa shape index (κ1) is 26.8. The van der Waals surface area contributed by atoms with Crippen LogP contribution in [-0.2, 0) is 22.7 Å². The van der Waals surface area contributed by atoms with Gasteiger partial charge in [-0.2, -0.15) is 18.3 Å². The van der Waals surface area contributed by atoms with Gasteiger partial charge in [-0.15, -0.1) is 11.6 Å².